The van der Waals surface area contributed by atoms with E-state index in [0.717, 1.165) is 11.1 Å². The minimum atomic E-state index is -1.14. The molecule has 2 heteroatoms. The predicted octanol–water partition coefficient (Wildman–Crippen LogP) is 14.4. The van der Waals surface area contributed by atoms with Gasteiger partial charge in [-0.1, -0.05) is 151 Å². The number of anilines is 3. The molecule has 0 bridgehead atoms. The molecule has 52 heavy (non-hydrogen) atoms. The van der Waals surface area contributed by atoms with E-state index in [1.807, 2.05) is 30.3 Å². The maximum atomic E-state index is 9.68. The van der Waals surface area contributed by atoms with Crippen molar-refractivity contribution in [3.63, 3.8) is 0 Å². The number of benzene rings is 9. The van der Waals surface area contributed by atoms with Crippen LogP contribution >= 0.6 is 0 Å². The van der Waals surface area contributed by atoms with Gasteiger partial charge in [0.2, 0.25) is 0 Å². The molecule has 0 atom stereocenters. The van der Waals surface area contributed by atoms with E-state index in [-0.39, 0.29) is 11.1 Å². The zero-order valence-corrected chi connectivity index (χ0v) is 26.6. The summed E-state index contributed by atoms with van der Waals surface area (Å²) in [6, 6.07) is -5.37. The molecule has 2 nitrogen and oxygen atoms in total. The summed E-state index contributed by atoms with van der Waals surface area (Å²) in [4.78, 5) is 0.591. The number of hydrogen-bond donors (Lipinski definition) is 0. The maximum Gasteiger partial charge on any atom is 0.143 e. The molecule has 0 unspecified atom stereocenters. The van der Waals surface area contributed by atoms with E-state index in [2.05, 4.69) is 0 Å². The molecule has 9 aromatic carbocycles. The van der Waals surface area contributed by atoms with Gasteiger partial charge in [0, 0.05) is 22.1 Å². The van der Waals surface area contributed by atoms with Crippen LogP contribution < -0.4 is 4.90 Å². The second-order valence-electron chi connectivity index (χ2n) is 11.5. The molecule has 0 N–H and O–H groups in total. The van der Waals surface area contributed by atoms with Crippen molar-refractivity contribution in [2.24, 2.45) is 0 Å². The lowest BCUT2D eigenvalue weighted by Gasteiger charge is -2.26. The van der Waals surface area contributed by atoms with Gasteiger partial charge in [0.05, 0.1) is 44.0 Å². The Balaban J connectivity index is 1.37. The molecule has 0 saturated heterocycles. The van der Waals surface area contributed by atoms with Crippen molar-refractivity contribution in [1.82, 2.24) is 0 Å². The number of furan rings is 1. The maximum absolute atomic E-state index is 9.68. The molecule has 0 amide bonds. The third-order valence-electron chi connectivity index (χ3n) is 8.40. The van der Waals surface area contributed by atoms with Crippen molar-refractivity contribution in [2.75, 3.05) is 4.90 Å². The van der Waals surface area contributed by atoms with Gasteiger partial charge in [0.25, 0.3) is 0 Å². The number of fused-ring (bicyclic) bond motifs is 6. The fraction of sp³-hybridized carbons (Fsp3) is 0. The Morgan fingerprint density at radius 1 is 0.404 bits per heavy atom. The van der Waals surface area contributed by atoms with Crippen LogP contribution in [-0.4, -0.2) is 0 Å². The molecule has 0 saturated carbocycles. The van der Waals surface area contributed by atoms with E-state index in [1.165, 1.54) is 0 Å². The highest BCUT2D eigenvalue weighted by molar-refractivity contribution is 6.19. The number of rotatable bonds is 6. The first kappa shape index (κ1) is 14.4. The van der Waals surface area contributed by atoms with E-state index in [4.69, 9.17) is 22.2 Å². The van der Waals surface area contributed by atoms with Crippen LogP contribution in [0.5, 0.6) is 0 Å². The van der Waals surface area contributed by atoms with Crippen LogP contribution in [0, 0.1) is 0 Å². The van der Waals surface area contributed by atoms with Crippen molar-refractivity contribution in [3.05, 3.63) is 200 Å². The molecule has 10 rings (SSSR count). The van der Waals surface area contributed by atoms with E-state index in [0.29, 0.717) is 4.90 Å². The molecule has 0 spiro atoms. The van der Waals surface area contributed by atoms with Gasteiger partial charge in [-0.05, 0) is 97.9 Å². The van der Waals surface area contributed by atoms with Crippen molar-refractivity contribution in [3.8, 4) is 33.4 Å². The van der Waals surface area contributed by atoms with E-state index in [9.17, 15) is 15.1 Å². The summed E-state index contributed by atoms with van der Waals surface area (Å²) in [5, 5.41) is -3.16. The number of hydrogen-bond acceptors (Lipinski definition) is 2. The highest BCUT2D eigenvalue weighted by Crippen LogP contribution is 2.45. The van der Waals surface area contributed by atoms with Gasteiger partial charge in [-0.15, -0.1) is 0 Å². The largest absolute Gasteiger partial charge is 0.455 e. The van der Waals surface area contributed by atoms with Crippen molar-refractivity contribution in [2.45, 2.75) is 0 Å². The first-order chi connectivity index (χ1) is 35.8. The van der Waals surface area contributed by atoms with Crippen LogP contribution in [0.3, 0.4) is 0 Å². The lowest BCUT2D eigenvalue weighted by Crippen LogP contribution is -2.10. The average molecular weight is 688 g/mol. The molecule has 0 radical (unpaired) electrons. The second kappa shape index (κ2) is 12.5. The van der Waals surface area contributed by atoms with Gasteiger partial charge >= 0.3 is 0 Å². The minimum absolute atomic E-state index is 0.199. The Bertz CT molecular complexity index is 4210. The molecule has 0 aliphatic heterocycles. The summed E-state index contributed by atoms with van der Waals surface area (Å²) >= 11 is 0. The Kier molecular flexibility index (Phi) is 3.44. The Morgan fingerprint density at radius 3 is 1.71 bits per heavy atom. The normalized spacial score (nSPS) is 17.9. The third-order valence-corrected chi connectivity index (χ3v) is 8.40. The zero-order chi connectivity index (χ0) is 55.3. The van der Waals surface area contributed by atoms with E-state index >= 15 is 0 Å². The molecule has 10 aromatic rings. The third kappa shape index (κ3) is 5.21. The van der Waals surface area contributed by atoms with Gasteiger partial charge in [-0.3, -0.25) is 0 Å². The quantitative estimate of drug-likeness (QED) is 0.173. The second-order valence-corrected chi connectivity index (χ2v) is 11.5. The highest BCUT2D eigenvalue weighted by atomic mass is 16.3. The molecule has 0 fully saturated rings. The standard InChI is InChI=1S/C50H33NO/c1-2-9-34(10-3-1)36-17-19-37(20-18-36)38-23-28-43(29-24-38)51(44-30-25-39(26-31-44)42-22-21-35-11-4-5-13-41(35)33-42)47-15-8-16-48-49(47)46-32-27-40-12-6-7-14-45(40)50(46)52-48/h1-33H/i4D,5D,6D,7D,8D,11D,12D,13D,14D,15D,16D,21D,22D,23D,24D,25D,26D,27D,28D,29D,30D,31D,32D,33D. The molecular weight excluding hydrogens is 631 g/mol. The Labute approximate surface area is 336 Å². The van der Waals surface area contributed by atoms with E-state index < -0.39 is 217 Å². The summed E-state index contributed by atoms with van der Waals surface area (Å²) < 4.78 is 224. The summed E-state index contributed by atoms with van der Waals surface area (Å²) in [7, 11) is 0. The lowest BCUT2D eigenvalue weighted by atomic mass is 9.99. The van der Waals surface area contributed by atoms with Gasteiger partial charge in [0.1, 0.15) is 11.2 Å². The SMILES string of the molecule is [2H]c1c([2H])c(N(c2c([2H])c([2H])c(-c3c([2H])c([2H])c4c([2H])c([2H])c([2H])c([2H])c4c3[2H])c([2H])c2[2H])c2c([2H])c([2H])c([2H])c3oc4c5c([2H])c([2H])c([2H])c([2H])c5c([2H])c([2H])c4c23)c([2H])c([2H])c1-c1ccc(-c2ccccc2)cc1. The fourth-order valence-corrected chi connectivity index (χ4v) is 5.93. The fourth-order valence-electron chi connectivity index (χ4n) is 5.93. The van der Waals surface area contributed by atoms with Gasteiger partial charge < -0.3 is 9.32 Å². The summed E-state index contributed by atoms with van der Waals surface area (Å²) in [6.07, 6.45) is 0. The molecule has 0 aliphatic carbocycles. The van der Waals surface area contributed by atoms with Crippen LogP contribution in [0.4, 0.5) is 17.1 Å². The topological polar surface area (TPSA) is 16.4 Å². The van der Waals surface area contributed by atoms with Crippen LogP contribution in [0.2, 0.25) is 0 Å². The van der Waals surface area contributed by atoms with E-state index in [1.54, 1.807) is 24.3 Å². The lowest BCUT2D eigenvalue weighted by molar-refractivity contribution is 0.672. The highest BCUT2D eigenvalue weighted by Gasteiger charge is 2.20. The monoisotopic (exact) mass is 687 g/mol. The van der Waals surface area contributed by atoms with Gasteiger partial charge in [0.15, 0.2) is 0 Å². The number of nitrogens with zero attached hydrogens (tertiary/aromatic N) is 1. The molecule has 244 valence electrons. The first-order valence-electron chi connectivity index (χ1n) is 27.8. The summed E-state index contributed by atoms with van der Waals surface area (Å²) in [6.45, 7) is 0. The first-order valence-corrected chi connectivity index (χ1v) is 15.8. The minimum Gasteiger partial charge on any atom is -0.455 e. The van der Waals surface area contributed by atoms with Crippen LogP contribution in [-0.2, 0) is 0 Å². The summed E-state index contributed by atoms with van der Waals surface area (Å²) in [5.74, 6) is 0. The van der Waals surface area contributed by atoms with Gasteiger partial charge in [-0.25, -0.2) is 0 Å². The molecule has 0 aliphatic rings. The summed E-state index contributed by atoms with van der Waals surface area (Å²) in [5.41, 5.74) is -3.98. The Morgan fingerprint density at radius 2 is 0.981 bits per heavy atom. The van der Waals surface area contributed by atoms with Crippen LogP contribution in [0.1, 0.15) is 32.9 Å². The van der Waals surface area contributed by atoms with Crippen molar-refractivity contribution >= 4 is 60.5 Å². The molecular formula is C50H33NO. The molecule has 1 heterocycles. The Hall–Kier alpha value is -6.90. The van der Waals surface area contributed by atoms with Crippen LogP contribution in [0.25, 0.3) is 76.9 Å². The zero-order valence-electron chi connectivity index (χ0n) is 50.6. The van der Waals surface area contributed by atoms with Gasteiger partial charge in [-0.2, -0.15) is 0 Å². The predicted molar refractivity (Wildman–Crippen MR) is 220 cm³/mol. The molecule has 1 aromatic heterocycles. The average Bonchev–Trinajstić information content (AvgIpc) is 3.90. The van der Waals surface area contributed by atoms with Crippen molar-refractivity contribution in [1.29, 1.82) is 0 Å². The smallest absolute Gasteiger partial charge is 0.143 e. The van der Waals surface area contributed by atoms with Crippen LogP contribution in [0.15, 0.2) is 204 Å². The van der Waals surface area contributed by atoms with Crippen molar-refractivity contribution < 1.29 is 37.3 Å².